The first-order chi connectivity index (χ1) is 7.49. The molecule has 1 aliphatic rings. The molecular formula is C13H23FO2. The zero-order valence-electron chi connectivity index (χ0n) is 10.6. The number of ether oxygens (including phenoxy) is 1. The van der Waals surface area contributed by atoms with Crippen LogP contribution in [0.15, 0.2) is 0 Å². The van der Waals surface area contributed by atoms with Crippen LogP contribution in [0.3, 0.4) is 0 Å². The van der Waals surface area contributed by atoms with Crippen molar-refractivity contribution in [1.82, 2.24) is 0 Å². The lowest BCUT2D eigenvalue weighted by molar-refractivity contribution is -0.166. The van der Waals surface area contributed by atoms with E-state index in [9.17, 15) is 9.18 Å². The molecule has 0 aliphatic heterocycles. The maximum absolute atomic E-state index is 13.5. The van der Waals surface area contributed by atoms with Gasteiger partial charge in [-0.1, -0.05) is 20.8 Å². The van der Waals surface area contributed by atoms with E-state index in [0.717, 1.165) is 32.1 Å². The van der Waals surface area contributed by atoms with E-state index in [1.807, 2.05) is 20.8 Å². The van der Waals surface area contributed by atoms with E-state index < -0.39 is 12.1 Å². The second kappa shape index (κ2) is 5.65. The molecular weight excluding hydrogens is 207 g/mol. The van der Waals surface area contributed by atoms with Crippen molar-refractivity contribution >= 4 is 5.97 Å². The molecule has 2 nitrogen and oxygen atoms in total. The van der Waals surface area contributed by atoms with Crippen molar-refractivity contribution in [3.8, 4) is 0 Å². The highest BCUT2D eigenvalue weighted by Gasteiger charge is 2.37. The second-order valence-corrected chi connectivity index (χ2v) is 5.26. The molecule has 1 atom stereocenters. The number of halogens is 1. The largest absolute Gasteiger partial charge is 0.457 e. The summed E-state index contributed by atoms with van der Waals surface area (Å²) in [6, 6.07) is 0. The minimum atomic E-state index is -1.45. The number of carbonyl (C=O) groups excluding carboxylic acids is 1. The Kier molecular flexibility index (Phi) is 4.75. The lowest BCUT2D eigenvalue weighted by atomic mass is 9.98. The van der Waals surface area contributed by atoms with Gasteiger partial charge in [0.2, 0.25) is 0 Å². The molecule has 0 bridgehead atoms. The van der Waals surface area contributed by atoms with Gasteiger partial charge in [0.15, 0.2) is 6.17 Å². The number of hydrogen-bond acceptors (Lipinski definition) is 2. The number of esters is 1. The molecule has 0 saturated heterocycles. The summed E-state index contributed by atoms with van der Waals surface area (Å²) in [4.78, 5) is 11.6. The number of alkyl halides is 1. The first-order valence-electron chi connectivity index (χ1n) is 6.36. The van der Waals surface area contributed by atoms with Gasteiger partial charge in [0.1, 0.15) is 5.60 Å². The Labute approximate surface area is 97.6 Å². The Hall–Kier alpha value is -0.600. The lowest BCUT2D eigenvalue weighted by Crippen LogP contribution is -2.35. The van der Waals surface area contributed by atoms with Crippen LogP contribution in [0.1, 0.15) is 59.3 Å². The van der Waals surface area contributed by atoms with Crippen molar-refractivity contribution in [3.05, 3.63) is 0 Å². The highest BCUT2D eigenvalue weighted by atomic mass is 19.1. The molecule has 0 N–H and O–H groups in total. The van der Waals surface area contributed by atoms with Gasteiger partial charge in [-0.25, -0.2) is 9.18 Å². The predicted molar refractivity (Wildman–Crippen MR) is 61.9 cm³/mol. The van der Waals surface area contributed by atoms with Crippen LogP contribution in [0.2, 0.25) is 0 Å². The standard InChI is InChI=1S/C13H23FO2/c1-4-13(7-5-6-8-13)16-12(15)11(14)9-10(2)3/h10-11H,4-9H2,1-3H3. The Balaban J connectivity index is 2.48. The molecule has 16 heavy (non-hydrogen) atoms. The molecule has 94 valence electrons. The topological polar surface area (TPSA) is 26.3 Å². The van der Waals surface area contributed by atoms with Crippen molar-refractivity contribution in [3.63, 3.8) is 0 Å². The Morgan fingerprint density at radius 2 is 1.94 bits per heavy atom. The summed E-state index contributed by atoms with van der Waals surface area (Å²) in [5.74, 6) is -0.471. The average molecular weight is 230 g/mol. The van der Waals surface area contributed by atoms with Gasteiger partial charge < -0.3 is 4.74 Å². The Morgan fingerprint density at radius 1 is 1.38 bits per heavy atom. The number of hydrogen-bond donors (Lipinski definition) is 0. The van der Waals surface area contributed by atoms with Gasteiger partial charge in [0.25, 0.3) is 0 Å². The summed E-state index contributed by atoms with van der Waals surface area (Å²) in [7, 11) is 0. The minimum absolute atomic E-state index is 0.184. The fourth-order valence-corrected chi connectivity index (χ4v) is 2.33. The van der Waals surface area contributed by atoms with Gasteiger partial charge in [-0.2, -0.15) is 0 Å². The molecule has 1 unspecified atom stereocenters. The quantitative estimate of drug-likeness (QED) is 0.674. The molecule has 0 heterocycles. The lowest BCUT2D eigenvalue weighted by Gasteiger charge is -2.28. The molecule has 0 amide bonds. The summed E-state index contributed by atoms with van der Waals surface area (Å²) in [5, 5.41) is 0. The molecule has 1 aliphatic carbocycles. The predicted octanol–water partition coefficient (Wildman–Crippen LogP) is 3.64. The summed E-state index contributed by atoms with van der Waals surface area (Å²) in [6.45, 7) is 5.82. The maximum Gasteiger partial charge on any atom is 0.341 e. The highest BCUT2D eigenvalue weighted by Crippen LogP contribution is 2.36. The molecule has 1 rings (SSSR count). The van der Waals surface area contributed by atoms with Gasteiger partial charge in [0.05, 0.1) is 0 Å². The molecule has 0 spiro atoms. The third-order valence-corrected chi connectivity index (χ3v) is 3.41. The summed E-state index contributed by atoms with van der Waals surface area (Å²) >= 11 is 0. The van der Waals surface area contributed by atoms with E-state index in [1.54, 1.807) is 0 Å². The summed E-state index contributed by atoms with van der Waals surface area (Å²) in [5.41, 5.74) is -0.363. The second-order valence-electron chi connectivity index (χ2n) is 5.26. The van der Waals surface area contributed by atoms with Gasteiger partial charge in [0, 0.05) is 0 Å². The van der Waals surface area contributed by atoms with Crippen molar-refractivity contribution in [2.45, 2.75) is 71.1 Å². The summed E-state index contributed by atoms with van der Waals surface area (Å²) < 4.78 is 18.9. The van der Waals surface area contributed by atoms with Gasteiger partial charge >= 0.3 is 5.97 Å². The van der Waals surface area contributed by atoms with Crippen molar-refractivity contribution in [1.29, 1.82) is 0 Å². The van der Waals surface area contributed by atoms with Crippen LogP contribution >= 0.6 is 0 Å². The molecule has 0 aromatic heterocycles. The van der Waals surface area contributed by atoms with Crippen molar-refractivity contribution < 1.29 is 13.9 Å². The summed E-state index contributed by atoms with van der Waals surface area (Å²) in [6.07, 6.45) is 3.56. The smallest absolute Gasteiger partial charge is 0.341 e. The average Bonchev–Trinajstić information content (AvgIpc) is 2.66. The molecule has 0 aromatic carbocycles. The Bertz CT molecular complexity index is 232. The molecule has 1 saturated carbocycles. The van der Waals surface area contributed by atoms with Crippen molar-refractivity contribution in [2.24, 2.45) is 5.92 Å². The van der Waals surface area contributed by atoms with Gasteiger partial charge in [-0.05, 0) is 44.4 Å². The monoisotopic (exact) mass is 230 g/mol. The van der Waals surface area contributed by atoms with Crippen LogP contribution < -0.4 is 0 Å². The van der Waals surface area contributed by atoms with E-state index in [4.69, 9.17) is 4.74 Å². The maximum atomic E-state index is 13.5. The first kappa shape index (κ1) is 13.5. The van der Waals surface area contributed by atoms with E-state index in [1.165, 1.54) is 0 Å². The fourth-order valence-electron chi connectivity index (χ4n) is 2.33. The molecule has 1 fully saturated rings. The van der Waals surface area contributed by atoms with Gasteiger partial charge in [-0.15, -0.1) is 0 Å². The molecule has 0 radical (unpaired) electrons. The SMILES string of the molecule is CCC1(OC(=O)C(F)CC(C)C)CCCC1. The van der Waals surface area contributed by atoms with Crippen LogP contribution in [-0.4, -0.2) is 17.7 Å². The molecule has 0 aromatic rings. The van der Waals surface area contributed by atoms with Gasteiger partial charge in [-0.3, -0.25) is 0 Å². The third-order valence-electron chi connectivity index (χ3n) is 3.41. The molecule has 3 heteroatoms. The first-order valence-corrected chi connectivity index (χ1v) is 6.36. The van der Waals surface area contributed by atoms with E-state index in [2.05, 4.69) is 0 Å². The van der Waals surface area contributed by atoms with Crippen molar-refractivity contribution in [2.75, 3.05) is 0 Å². The van der Waals surface area contributed by atoms with Crippen LogP contribution in [0.25, 0.3) is 0 Å². The minimum Gasteiger partial charge on any atom is -0.457 e. The fraction of sp³-hybridized carbons (Fsp3) is 0.923. The Morgan fingerprint density at radius 3 is 2.38 bits per heavy atom. The normalized spacial score (nSPS) is 21.1. The van der Waals surface area contributed by atoms with E-state index in [0.29, 0.717) is 0 Å². The van der Waals surface area contributed by atoms with Crippen LogP contribution in [0.5, 0.6) is 0 Å². The van der Waals surface area contributed by atoms with E-state index in [-0.39, 0.29) is 17.9 Å². The number of carbonyl (C=O) groups is 1. The third kappa shape index (κ3) is 3.46. The van der Waals surface area contributed by atoms with E-state index >= 15 is 0 Å². The number of rotatable bonds is 5. The van der Waals surface area contributed by atoms with Crippen LogP contribution in [0, 0.1) is 5.92 Å². The zero-order chi connectivity index (χ0) is 12.2. The zero-order valence-corrected chi connectivity index (χ0v) is 10.6. The highest BCUT2D eigenvalue weighted by molar-refractivity contribution is 5.75. The van der Waals surface area contributed by atoms with Crippen LogP contribution in [-0.2, 0) is 9.53 Å². The van der Waals surface area contributed by atoms with Crippen LogP contribution in [0.4, 0.5) is 4.39 Å².